The highest BCUT2D eigenvalue weighted by atomic mass is 79.9. The van der Waals surface area contributed by atoms with Crippen molar-refractivity contribution in [3.8, 4) is 0 Å². The first kappa shape index (κ1) is 14.7. The Bertz CT molecular complexity index is 485. The number of rotatable bonds is 4. The number of ether oxygens (including phenoxy) is 1. The average molecular weight is 316 g/mol. The van der Waals surface area contributed by atoms with Gasteiger partial charge in [-0.2, -0.15) is 0 Å². The van der Waals surface area contributed by atoms with Crippen molar-refractivity contribution in [2.24, 2.45) is 0 Å². The summed E-state index contributed by atoms with van der Waals surface area (Å²) in [7, 11) is 1.42. The third kappa shape index (κ3) is 3.30. The minimum atomic E-state index is -1.10. The van der Waals surface area contributed by atoms with Crippen LogP contribution in [0.5, 0.6) is 0 Å². The summed E-state index contributed by atoms with van der Waals surface area (Å²) >= 11 is 3.23. The summed E-state index contributed by atoms with van der Waals surface area (Å²) < 4.78 is 5.71. The SMILES string of the molecule is COC(C)(C)C(=O)Nc1cc(Br)ccc1C(=O)O. The van der Waals surface area contributed by atoms with Crippen molar-refractivity contribution in [3.63, 3.8) is 0 Å². The summed E-state index contributed by atoms with van der Waals surface area (Å²) in [6, 6.07) is 4.55. The van der Waals surface area contributed by atoms with E-state index in [2.05, 4.69) is 21.2 Å². The van der Waals surface area contributed by atoms with Crippen LogP contribution in [0, 0.1) is 0 Å². The maximum absolute atomic E-state index is 11.9. The summed E-state index contributed by atoms with van der Waals surface area (Å²) in [6.45, 7) is 3.20. The Morgan fingerprint density at radius 3 is 2.50 bits per heavy atom. The first-order chi connectivity index (χ1) is 8.27. The van der Waals surface area contributed by atoms with E-state index in [1.807, 2.05) is 0 Å². The molecule has 0 bridgehead atoms. The molecule has 1 rings (SSSR count). The number of aromatic carboxylic acids is 1. The lowest BCUT2D eigenvalue weighted by atomic mass is 10.1. The fourth-order valence-electron chi connectivity index (χ4n) is 1.17. The van der Waals surface area contributed by atoms with Crippen LogP contribution in [0.2, 0.25) is 0 Å². The Balaban J connectivity index is 3.07. The van der Waals surface area contributed by atoms with Crippen molar-refractivity contribution in [2.45, 2.75) is 19.4 Å². The monoisotopic (exact) mass is 315 g/mol. The standard InChI is InChI=1S/C12H14BrNO4/c1-12(2,18-3)11(17)14-9-6-7(13)4-5-8(9)10(15)16/h4-6H,1-3H3,(H,14,17)(H,15,16). The molecule has 18 heavy (non-hydrogen) atoms. The van der Waals surface area contributed by atoms with Gasteiger partial charge in [-0.25, -0.2) is 4.79 Å². The Morgan fingerprint density at radius 2 is 2.00 bits per heavy atom. The Kier molecular flexibility index (Phi) is 4.48. The molecule has 98 valence electrons. The van der Waals surface area contributed by atoms with E-state index in [9.17, 15) is 9.59 Å². The molecule has 0 aliphatic carbocycles. The molecule has 0 unspecified atom stereocenters. The normalized spacial score (nSPS) is 11.1. The molecule has 6 heteroatoms. The molecule has 0 heterocycles. The predicted molar refractivity (Wildman–Crippen MR) is 70.8 cm³/mol. The molecule has 1 aromatic rings. The van der Waals surface area contributed by atoms with E-state index >= 15 is 0 Å². The maximum Gasteiger partial charge on any atom is 0.337 e. The van der Waals surface area contributed by atoms with Crippen molar-refractivity contribution < 1.29 is 19.4 Å². The summed E-state index contributed by atoms with van der Waals surface area (Å²) in [5, 5.41) is 11.6. The molecule has 0 aliphatic rings. The second-order valence-corrected chi connectivity index (χ2v) is 5.08. The van der Waals surface area contributed by atoms with Crippen molar-refractivity contribution in [2.75, 3.05) is 12.4 Å². The van der Waals surface area contributed by atoms with Gasteiger partial charge >= 0.3 is 5.97 Å². The first-order valence-electron chi connectivity index (χ1n) is 5.17. The second kappa shape index (κ2) is 5.49. The van der Waals surface area contributed by atoms with Gasteiger partial charge in [-0.05, 0) is 32.0 Å². The van der Waals surface area contributed by atoms with Crippen molar-refractivity contribution in [3.05, 3.63) is 28.2 Å². The molecule has 0 aromatic heterocycles. The fourth-order valence-corrected chi connectivity index (χ4v) is 1.53. The van der Waals surface area contributed by atoms with E-state index in [4.69, 9.17) is 9.84 Å². The lowest BCUT2D eigenvalue weighted by molar-refractivity contribution is -0.133. The number of carbonyl (C=O) groups is 2. The zero-order chi connectivity index (χ0) is 13.9. The average Bonchev–Trinajstić information content (AvgIpc) is 2.28. The van der Waals surface area contributed by atoms with Gasteiger partial charge in [-0.3, -0.25) is 4.79 Å². The number of nitrogens with one attached hydrogen (secondary N) is 1. The van der Waals surface area contributed by atoms with Crippen LogP contribution in [-0.2, 0) is 9.53 Å². The number of carboxylic acids is 1. The minimum Gasteiger partial charge on any atom is -0.478 e. The highest BCUT2D eigenvalue weighted by molar-refractivity contribution is 9.10. The Labute approximate surface area is 113 Å². The topological polar surface area (TPSA) is 75.6 Å². The smallest absolute Gasteiger partial charge is 0.337 e. The van der Waals surface area contributed by atoms with Crippen LogP contribution in [0.3, 0.4) is 0 Å². The van der Waals surface area contributed by atoms with E-state index in [-0.39, 0.29) is 11.3 Å². The van der Waals surface area contributed by atoms with Crippen molar-refractivity contribution in [1.29, 1.82) is 0 Å². The van der Waals surface area contributed by atoms with Crippen LogP contribution in [-0.4, -0.2) is 29.7 Å². The number of hydrogen-bond acceptors (Lipinski definition) is 3. The molecular weight excluding hydrogens is 302 g/mol. The van der Waals surface area contributed by atoms with Gasteiger partial charge in [0.2, 0.25) is 0 Å². The van der Waals surface area contributed by atoms with Gasteiger partial charge in [0, 0.05) is 11.6 Å². The Hall–Kier alpha value is -1.40. The number of hydrogen-bond donors (Lipinski definition) is 2. The number of anilines is 1. The van der Waals surface area contributed by atoms with Crippen molar-refractivity contribution >= 4 is 33.5 Å². The molecule has 2 N–H and O–H groups in total. The molecule has 0 atom stereocenters. The van der Waals surface area contributed by atoms with E-state index in [0.717, 1.165) is 0 Å². The largest absolute Gasteiger partial charge is 0.478 e. The molecule has 1 amide bonds. The Morgan fingerprint density at radius 1 is 1.39 bits per heavy atom. The summed E-state index contributed by atoms with van der Waals surface area (Å²) in [5.74, 6) is -1.52. The maximum atomic E-state index is 11.9. The lowest BCUT2D eigenvalue weighted by Crippen LogP contribution is -2.39. The molecule has 0 saturated heterocycles. The minimum absolute atomic E-state index is 0.0263. The highest BCUT2D eigenvalue weighted by Crippen LogP contribution is 2.23. The van der Waals surface area contributed by atoms with Gasteiger partial charge in [0.1, 0.15) is 5.60 Å². The quantitative estimate of drug-likeness (QED) is 0.895. The molecule has 0 radical (unpaired) electrons. The number of benzene rings is 1. The van der Waals surface area contributed by atoms with Crippen LogP contribution in [0.15, 0.2) is 22.7 Å². The van der Waals surface area contributed by atoms with Gasteiger partial charge in [0.15, 0.2) is 0 Å². The highest BCUT2D eigenvalue weighted by Gasteiger charge is 2.28. The zero-order valence-corrected chi connectivity index (χ0v) is 11.9. The summed E-state index contributed by atoms with van der Waals surface area (Å²) in [6.07, 6.45) is 0. The van der Waals surface area contributed by atoms with Crippen LogP contribution in [0.4, 0.5) is 5.69 Å². The van der Waals surface area contributed by atoms with Gasteiger partial charge < -0.3 is 15.2 Å². The third-order valence-corrected chi connectivity index (χ3v) is 3.01. The zero-order valence-electron chi connectivity index (χ0n) is 10.3. The third-order valence-electron chi connectivity index (χ3n) is 2.52. The molecule has 0 aliphatic heterocycles. The van der Waals surface area contributed by atoms with Crippen LogP contribution in [0.25, 0.3) is 0 Å². The van der Waals surface area contributed by atoms with Gasteiger partial charge in [-0.1, -0.05) is 15.9 Å². The van der Waals surface area contributed by atoms with E-state index in [1.54, 1.807) is 19.9 Å². The van der Waals surface area contributed by atoms with Crippen molar-refractivity contribution in [1.82, 2.24) is 0 Å². The number of halogens is 1. The number of methoxy groups -OCH3 is 1. The van der Waals surface area contributed by atoms with Gasteiger partial charge in [-0.15, -0.1) is 0 Å². The van der Waals surface area contributed by atoms with Gasteiger partial charge in [0.25, 0.3) is 5.91 Å². The van der Waals surface area contributed by atoms with Crippen LogP contribution >= 0.6 is 15.9 Å². The molecular formula is C12H14BrNO4. The van der Waals surface area contributed by atoms with E-state index in [0.29, 0.717) is 4.47 Å². The molecule has 0 saturated carbocycles. The molecule has 0 fully saturated rings. The molecule has 1 aromatic carbocycles. The number of carboxylic acid groups (broad SMARTS) is 1. The first-order valence-corrected chi connectivity index (χ1v) is 5.96. The van der Waals surface area contributed by atoms with Crippen LogP contribution in [0.1, 0.15) is 24.2 Å². The number of amides is 1. The van der Waals surface area contributed by atoms with Crippen LogP contribution < -0.4 is 5.32 Å². The van der Waals surface area contributed by atoms with E-state index in [1.165, 1.54) is 19.2 Å². The lowest BCUT2D eigenvalue weighted by Gasteiger charge is -2.22. The summed E-state index contributed by atoms with van der Waals surface area (Å²) in [5.41, 5.74) is -0.775. The molecule has 5 nitrogen and oxygen atoms in total. The van der Waals surface area contributed by atoms with E-state index < -0.39 is 17.5 Å². The fraction of sp³-hybridized carbons (Fsp3) is 0.333. The second-order valence-electron chi connectivity index (χ2n) is 4.16. The summed E-state index contributed by atoms with van der Waals surface area (Å²) in [4.78, 5) is 22.9. The predicted octanol–water partition coefficient (Wildman–Crippen LogP) is 2.51. The number of carbonyl (C=O) groups excluding carboxylic acids is 1. The molecule has 0 spiro atoms. The van der Waals surface area contributed by atoms with Gasteiger partial charge in [0.05, 0.1) is 11.3 Å².